The van der Waals surface area contributed by atoms with Gasteiger partial charge in [0, 0.05) is 36.9 Å². The lowest BCUT2D eigenvalue weighted by Crippen LogP contribution is -2.00. The van der Waals surface area contributed by atoms with E-state index in [1.807, 2.05) is 47.7 Å². The third-order valence-corrected chi connectivity index (χ3v) is 10.4. The highest BCUT2D eigenvalue weighted by atomic mass is 32.1. The third-order valence-electron chi connectivity index (χ3n) is 9.28. The van der Waals surface area contributed by atoms with Crippen molar-refractivity contribution >= 4 is 74.6 Å². The van der Waals surface area contributed by atoms with Gasteiger partial charge in [-0.2, -0.15) is 0 Å². The fourth-order valence-corrected chi connectivity index (χ4v) is 8.27. The van der Waals surface area contributed by atoms with Crippen LogP contribution < -0.4 is 0 Å². The van der Waals surface area contributed by atoms with E-state index in [0.717, 1.165) is 22.1 Å². The van der Waals surface area contributed by atoms with E-state index < -0.39 is 0 Å². The Hall–Kier alpha value is -5.97. The van der Waals surface area contributed by atoms with E-state index in [1.165, 1.54) is 57.9 Å². The molecule has 0 spiro atoms. The second kappa shape index (κ2) is 10.3. The SMILES string of the molecule is c1ccc(-c2nc(-c3ccccc3)nc(-c3cc4c5ccccc5c5cc6c(cc5c4c4ccccc34)sc3ccccc36)n2)cc1. The maximum absolute atomic E-state index is 5.14. The number of rotatable bonds is 3. The lowest BCUT2D eigenvalue weighted by molar-refractivity contribution is 1.08. The van der Waals surface area contributed by atoms with Crippen LogP contribution in [-0.2, 0) is 0 Å². The molecule has 10 rings (SSSR count). The second-order valence-electron chi connectivity index (χ2n) is 12.0. The summed E-state index contributed by atoms with van der Waals surface area (Å²) in [5.41, 5.74) is 2.92. The molecule has 0 aliphatic heterocycles. The highest BCUT2D eigenvalue weighted by molar-refractivity contribution is 7.25. The number of nitrogens with zero attached hydrogens (tertiary/aromatic N) is 3. The lowest BCUT2D eigenvalue weighted by Gasteiger charge is -2.16. The van der Waals surface area contributed by atoms with E-state index >= 15 is 0 Å². The first-order valence-electron chi connectivity index (χ1n) is 15.8. The number of hydrogen-bond acceptors (Lipinski definition) is 4. The molecule has 0 saturated heterocycles. The number of benzene rings is 8. The summed E-state index contributed by atoms with van der Waals surface area (Å²) in [7, 11) is 0. The quantitative estimate of drug-likeness (QED) is 0.186. The summed E-state index contributed by atoms with van der Waals surface area (Å²) >= 11 is 1.87. The molecule has 0 bridgehead atoms. The molecule has 0 N–H and O–H groups in total. The molecule has 10 aromatic rings. The van der Waals surface area contributed by atoms with Gasteiger partial charge in [0.1, 0.15) is 0 Å². The molecule has 0 aliphatic carbocycles. The average molecular weight is 616 g/mol. The summed E-state index contributed by atoms with van der Waals surface area (Å²) in [6, 6.07) is 53.8. The average Bonchev–Trinajstić information content (AvgIpc) is 3.52. The first kappa shape index (κ1) is 26.3. The largest absolute Gasteiger partial charge is 0.208 e. The van der Waals surface area contributed by atoms with Crippen molar-refractivity contribution in [3.63, 3.8) is 0 Å². The van der Waals surface area contributed by atoms with Gasteiger partial charge in [0.2, 0.25) is 0 Å². The Bertz CT molecular complexity index is 2780. The van der Waals surface area contributed by atoms with Gasteiger partial charge >= 0.3 is 0 Å². The van der Waals surface area contributed by atoms with Crippen molar-refractivity contribution < 1.29 is 0 Å². The van der Waals surface area contributed by atoms with Crippen LogP contribution in [0.5, 0.6) is 0 Å². The van der Waals surface area contributed by atoms with Crippen LogP contribution in [0.4, 0.5) is 0 Å². The van der Waals surface area contributed by atoms with Crippen molar-refractivity contribution in [2.75, 3.05) is 0 Å². The van der Waals surface area contributed by atoms with Crippen molar-refractivity contribution in [2.45, 2.75) is 0 Å². The van der Waals surface area contributed by atoms with Crippen LogP contribution >= 0.6 is 11.3 Å². The van der Waals surface area contributed by atoms with Gasteiger partial charge in [-0.3, -0.25) is 0 Å². The molecule has 4 heteroatoms. The fraction of sp³-hybridized carbons (Fsp3) is 0. The Kier molecular flexibility index (Phi) is 5.74. The van der Waals surface area contributed by atoms with Gasteiger partial charge in [-0.05, 0) is 67.4 Å². The number of fused-ring (bicyclic) bond motifs is 11. The number of aromatic nitrogens is 3. The van der Waals surface area contributed by atoms with Crippen molar-refractivity contribution in [1.29, 1.82) is 0 Å². The molecule has 0 aliphatic rings. The minimum atomic E-state index is 0.661. The van der Waals surface area contributed by atoms with Crippen molar-refractivity contribution in [3.8, 4) is 34.2 Å². The van der Waals surface area contributed by atoms with E-state index in [-0.39, 0.29) is 0 Å². The second-order valence-corrected chi connectivity index (χ2v) is 13.1. The highest BCUT2D eigenvalue weighted by Gasteiger charge is 2.19. The molecule has 0 atom stereocenters. The molecular weight excluding hydrogens is 591 g/mol. The molecule has 8 aromatic carbocycles. The molecular formula is C43H25N3S. The van der Waals surface area contributed by atoms with Crippen molar-refractivity contribution in [1.82, 2.24) is 15.0 Å². The molecule has 0 unspecified atom stereocenters. The van der Waals surface area contributed by atoms with Crippen LogP contribution in [-0.4, -0.2) is 15.0 Å². The van der Waals surface area contributed by atoms with Gasteiger partial charge < -0.3 is 0 Å². The summed E-state index contributed by atoms with van der Waals surface area (Å²) in [6.45, 7) is 0. The first-order chi connectivity index (χ1) is 23.3. The Morgan fingerprint density at radius 1 is 0.319 bits per heavy atom. The zero-order valence-electron chi connectivity index (χ0n) is 25.2. The molecule has 2 aromatic heterocycles. The lowest BCUT2D eigenvalue weighted by atomic mass is 9.88. The Morgan fingerprint density at radius 2 is 0.830 bits per heavy atom. The van der Waals surface area contributed by atoms with Crippen LogP contribution in [0.2, 0.25) is 0 Å². The number of hydrogen-bond donors (Lipinski definition) is 0. The van der Waals surface area contributed by atoms with E-state index in [9.17, 15) is 0 Å². The Balaban J connectivity index is 1.35. The normalized spacial score (nSPS) is 11.8. The van der Waals surface area contributed by atoms with E-state index in [4.69, 9.17) is 15.0 Å². The summed E-state index contributed by atoms with van der Waals surface area (Å²) in [6.07, 6.45) is 0. The predicted octanol–water partition coefficient (Wildman–Crippen LogP) is 11.9. The molecule has 0 radical (unpaired) electrons. The van der Waals surface area contributed by atoms with Gasteiger partial charge in [0.25, 0.3) is 0 Å². The highest BCUT2D eigenvalue weighted by Crippen LogP contribution is 2.45. The zero-order chi connectivity index (χ0) is 30.9. The molecule has 0 saturated carbocycles. The minimum absolute atomic E-state index is 0.661. The summed E-state index contributed by atoms with van der Waals surface area (Å²) in [4.78, 5) is 15.2. The van der Waals surface area contributed by atoms with Crippen molar-refractivity contribution in [3.05, 3.63) is 152 Å². The van der Waals surface area contributed by atoms with Gasteiger partial charge in [0.05, 0.1) is 0 Å². The van der Waals surface area contributed by atoms with Gasteiger partial charge in [-0.1, -0.05) is 127 Å². The van der Waals surface area contributed by atoms with Crippen molar-refractivity contribution in [2.24, 2.45) is 0 Å². The van der Waals surface area contributed by atoms with E-state index in [2.05, 4.69) is 115 Å². The summed E-state index contributed by atoms with van der Waals surface area (Å²) in [5, 5.41) is 12.4. The monoisotopic (exact) mass is 615 g/mol. The third kappa shape index (κ3) is 4.09. The molecule has 2 heterocycles. The van der Waals surface area contributed by atoms with Crippen LogP contribution in [0.3, 0.4) is 0 Å². The molecule has 0 fully saturated rings. The standard InChI is InChI=1S/C43H25N3S/c1-3-13-26(14-4-1)41-44-42(27-15-5-2-6-16-27)46-43(45-41)37-24-35-29-18-8-7-17-28(29)33-23-34-31-20-11-12-22-38(31)47-39(34)25-36(33)40(35)32-21-10-9-19-30(32)37/h1-25H. The predicted molar refractivity (Wildman–Crippen MR) is 199 cm³/mol. The molecule has 0 amide bonds. The van der Waals surface area contributed by atoms with Crippen LogP contribution in [0, 0.1) is 0 Å². The van der Waals surface area contributed by atoms with Gasteiger partial charge in [0.15, 0.2) is 17.5 Å². The summed E-state index contributed by atoms with van der Waals surface area (Å²) in [5.74, 6) is 1.99. The molecule has 47 heavy (non-hydrogen) atoms. The Labute approximate surface area is 274 Å². The maximum Gasteiger partial charge on any atom is 0.164 e. The summed E-state index contributed by atoms with van der Waals surface area (Å²) < 4.78 is 2.62. The topological polar surface area (TPSA) is 38.7 Å². The fourth-order valence-electron chi connectivity index (χ4n) is 7.15. The van der Waals surface area contributed by atoms with E-state index in [1.54, 1.807) is 0 Å². The Morgan fingerprint density at radius 3 is 1.51 bits per heavy atom. The van der Waals surface area contributed by atoms with Gasteiger partial charge in [-0.25, -0.2) is 15.0 Å². The smallest absolute Gasteiger partial charge is 0.164 e. The van der Waals surface area contributed by atoms with Crippen LogP contribution in [0.15, 0.2) is 152 Å². The van der Waals surface area contributed by atoms with E-state index in [0.29, 0.717) is 17.5 Å². The zero-order valence-corrected chi connectivity index (χ0v) is 26.0. The van der Waals surface area contributed by atoms with Crippen LogP contribution in [0.25, 0.3) is 97.4 Å². The maximum atomic E-state index is 5.14. The van der Waals surface area contributed by atoms with Gasteiger partial charge in [-0.15, -0.1) is 11.3 Å². The number of thiophene rings is 1. The van der Waals surface area contributed by atoms with Crippen LogP contribution in [0.1, 0.15) is 0 Å². The molecule has 218 valence electrons. The minimum Gasteiger partial charge on any atom is -0.208 e. The first-order valence-corrected chi connectivity index (χ1v) is 16.6. The molecule has 3 nitrogen and oxygen atoms in total.